The summed E-state index contributed by atoms with van der Waals surface area (Å²) in [5.74, 6) is -0.518. The number of amides is 2. The molecule has 0 saturated carbocycles. The first-order chi connectivity index (χ1) is 14.8. The summed E-state index contributed by atoms with van der Waals surface area (Å²) in [6.45, 7) is 3.88. The van der Waals surface area contributed by atoms with Crippen LogP contribution in [0.4, 0.5) is 17.1 Å². The van der Waals surface area contributed by atoms with E-state index in [0.29, 0.717) is 30.6 Å². The molecule has 2 fully saturated rings. The summed E-state index contributed by atoms with van der Waals surface area (Å²) in [5, 5.41) is 0. The molecular weight excluding hydrogens is 416 g/mol. The quantitative estimate of drug-likeness (QED) is 0.715. The fraction of sp³-hybridized carbons (Fsp3) is 0.364. The zero-order chi connectivity index (χ0) is 22.0. The third-order valence-corrected chi connectivity index (χ3v) is 7.07. The maximum Gasteiger partial charge on any atom is 0.261 e. The van der Waals surface area contributed by atoms with Crippen LogP contribution in [0.15, 0.2) is 53.4 Å². The first kappa shape index (κ1) is 21.3. The standard InChI is InChI=1S/C22H26N4O4S/c1-24-13-15-25(16-14-24)18-7-5-17(6-8-18)23-31(29,30)20-11-9-19(10-12-20)26-21(27)3-2-4-22(26)28/h5-12,23H,2-4,13-16H2,1H3. The topological polar surface area (TPSA) is 90.0 Å². The molecule has 2 aliphatic heterocycles. The van der Waals surface area contributed by atoms with Crippen LogP contribution in [0.2, 0.25) is 0 Å². The predicted molar refractivity (Wildman–Crippen MR) is 120 cm³/mol. The number of benzene rings is 2. The minimum Gasteiger partial charge on any atom is -0.369 e. The van der Waals surface area contributed by atoms with Crippen molar-refractivity contribution in [3.05, 3.63) is 48.5 Å². The zero-order valence-corrected chi connectivity index (χ0v) is 18.3. The lowest BCUT2D eigenvalue weighted by molar-refractivity contribution is -0.129. The van der Waals surface area contributed by atoms with Crippen LogP contribution >= 0.6 is 0 Å². The highest BCUT2D eigenvalue weighted by atomic mass is 32.2. The van der Waals surface area contributed by atoms with Crippen molar-refractivity contribution < 1.29 is 18.0 Å². The monoisotopic (exact) mass is 442 g/mol. The first-order valence-corrected chi connectivity index (χ1v) is 11.8. The maximum atomic E-state index is 12.8. The molecule has 0 aliphatic carbocycles. The Balaban J connectivity index is 1.45. The number of piperazine rings is 1. The highest BCUT2D eigenvalue weighted by Gasteiger charge is 2.27. The van der Waals surface area contributed by atoms with Crippen molar-refractivity contribution in [3.63, 3.8) is 0 Å². The third-order valence-electron chi connectivity index (χ3n) is 5.67. The molecule has 2 aromatic rings. The normalized spacial score (nSPS) is 18.4. The minimum absolute atomic E-state index is 0.0660. The molecule has 2 aliphatic rings. The van der Waals surface area contributed by atoms with E-state index in [2.05, 4.69) is 21.6 Å². The van der Waals surface area contributed by atoms with Gasteiger partial charge in [-0.3, -0.25) is 19.2 Å². The molecule has 31 heavy (non-hydrogen) atoms. The van der Waals surface area contributed by atoms with Gasteiger partial charge in [-0.1, -0.05) is 0 Å². The number of nitrogens with zero attached hydrogens (tertiary/aromatic N) is 3. The highest BCUT2D eigenvalue weighted by Crippen LogP contribution is 2.25. The summed E-state index contributed by atoms with van der Waals surface area (Å²) in [4.78, 5) is 29.9. The molecular formula is C22H26N4O4S. The van der Waals surface area contributed by atoms with E-state index < -0.39 is 10.0 Å². The van der Waals surface area contributed by atoms with Crippen LogP contribution in [-0.2, 0) is 19.6 Å². The Morgan fingerprint density at radius 3 is 1.90 bits per heavy atom. The molecule has 4 rings (SSSR count). The van der Waals surface area contributed by atoms with Gasteiger partial charge in [0.1, 0.15) is 0 Å². The minimum atomic E-state index is -3.79. The first-order valence-electron chi connectivity index (χ1n) is 10.4. The fourth-order valence-corrected chi connectivity index (χ4v) is 4.89. The van der Waals surface area contributed by atoms with Gasteiger partial charge in [-0.25, -0.2) is 8.42 Å². The number of hydrogen-bond donors (Lipinski definition) is 1. The SMILES string of the molecule is CN1CCN(c2ccc(NS(=O)(=O)c3ccc(N4C(=O)CCCC4=O)cc3)cc2)CC1. The number of piperidine rings is 1. The van der Waals surface area contributed by atoms with Crippen molar-refractivity contribution in [2.24, 2.45) is 0 Å². The molecule has 2 heterocycles. The van der Waals surface area contributed by atoms with Crippen molar-refractivity contribution in [1.29, 1.82) is 0 Å². The van der Waals surface area contributed by atoms with Crippen molar-refractivity contribution >= 4 is 38.9 Å². The van der Waals surface area contributed by atoms with Crippen LogP contribution in [0.3, 0.4) is 0 Å². The summed E-state index contributed by atoms with van der Waals surface area (Å²) in [6.07, 6.45) is 1.19. The fourth-order valence-electron chi connectivity index (χ4n) is 3.83. The molecule has 0 radical (unpaired) electrons. The van der Waals surface area contributed by atoms with Gasteiger partial charge < -0.3 is 9.80 Å². The summed E-state index contributed by atoms with van der Waals surface area (Å²) in [6, 6.07) is 13.1. The number of rotatable bonds is 5. The maximum absolute atomic E-state index is 12.8. The molecule has 0 aromatic heterocycles. The number of carbonyl (C=O) groups is 2. The van der Waals surface area contributed by atoms with Crippen LogP contribution in [0.1, 0.15) is 19.3 Å². The van der Waals surface area contributed by atoms with Gasteiger partial charge in [-0.15, -0.1) is 0 Å². The van der Waals surface area contributed by atoms with Crippen LogP contribution in [0.5, 0.6) is 0 Å². The Morgan fingerprint density at radius 1 is 0.774 bits per heavy atom. The lowest BCUT2D eigenvalue weighted by Gasteiger charge is -2.34. The zero-order valence-electron chi connectivity index (χ0n) is 17.5. The predicted octanol–water partition coefficient (Wildman–Crippen LogP) is 2.28. The van der Waals surface area contributed by atoms with Crippen LogP contribution in [0, 0.1) is 0 Å². The second kappa shape index (κ2) is 8.68. The summed E-state index contributed by atoms with van der Waals surface area (Å²) in [7, 11) is -1.69. The van der Waals surface area contributed by atoms with E-state index in [1.165, 1.54) is 24.3 Å². The molecule has 0 atom stereocenters. The van der Waals surface area contributed by atoms with E-state index in [-0.39, 0.29) is 16.7 Å². The smallest absolute Gasteiger partial charge is 0.261 e. The molecule has 0 bridgehead atoms. The Hall–Kier alpha value is -2.91. The Labute approximate surface area is 182 Å². The van der Waals surface area contributed by atoms with Gasteiger partial charge >= 0.3 is 0 Å². The summed E-state index contributed by atoms with van der Waals surface area (Å²) < 4.78 is 28.1. The number of nitrogens with one attached hydrogen (secondary N) is 1. The number of carbonyl (C=O) groups excluding carboxylic acids is 2. The summed E-state index contributed by atoms with van der Waals surface area (Å²) in [5.41, 5.74) is 1.93. The molecule has 2 amide bonds. The van der Waals surface area contributed by atoms with Crippen molar-refractivity contribution in [2.75, 3.05) is 47.7 Å². The number of sulfonamides is 1. The molecule has 164 valence electrons. The Morgan fingerprint density at radius 2 is 1.32 bits per heavy atom. The van der Waals surface area contributed by atoms with E-state index in [9.17, 15) is 18.0 Å². The van der Waals surface area contributed by atoms with E-state index in [1.807, 2.05) is 12.1 Å². The number of imide groups is 1. The van der Waals surface area contributed by atoms with E-state index in [1.54, 1.807) is 12.1 Å². The van der Waals surface area contributed by atoms with E-state index in [0.717, 1.165) is 36.8 Å². The van der Waals surface area contributed by atoms with Gasteiger partial charge in [0.05, 0.1) is 10.6 Å². The van der Waals surface area contributed by atoms with Crippen molar-refractivity contribution in [1.82, 2.24) is 4.90 Å². The molecule has 8 nitrogen and oxygen atoms in total. The average Bonchev–Trinajstić information content (AvgIpc) is 2.75. The summed E-state index contributed by atoms with van der Waals surface area (Å²) >= 11 is 0. The third kappa shape index (κ3) is 4.72. The van der Waals surface area contributed by atoms with Crippen LogP contribution < -0.4 is 14.5 Å². The number of hydrogen-bond acceptors (Lipinski definition) is 6. The largest absolute Gasteiger partial charge is 0.369 e. The molecule has 2 saturated heterocycles. The molecule has 0 spiro atoms. The van der Waals surface area contributed by atoms with E-state index in [4.69, 9.17) is 0 Å². The van der Waals surface area contributed by atoms with Crippen molar-refractivity contribution in [2.45, 2.75) is 24.2 Å². The van der Waals surface area contributed by atoms with Gasteiger partial charge in [0.25, 0.3) is 10.0 Å². The number of likely N-dealkylation sites (N-methyl/N-ethyl adjacent to an activating group) is 1. The second-order valence-corrected chi connectivity index (χ2v) is 9.60. The number of anilines is 3. The molecule has 9 heteroatoms. The van der Waals surface area contributed by atoms with Gasteiger partial charge in [-0.2, -0.15) is 0 Å². The lowest BCUT2D eigenvalue weighted by Crippen LogP contribution is -2.44. The Kier molecular flexibility index (Phi) is 5.97. The van der Waals surface area contributed by atoms with E-state index >= 15 is 0 Å². The van der Waals surface area contributed by atoms with Crippen LogP contribution in [0.25, 0.3) is 0 Å². The highest BCUT2D eigenvalue weighted by molar-refractivity contribution is 7.92. The van der Waals surface area contributed by atoms with Gasteiger partial charge in [-0.05, 0) is 62.0 Å². The second-order valence-electron chi connectivity index (χ2n) is 7.91. The van der Waals surface area contributed by atoms with Gasteiger partial charge in [0.15, 0.2) is 0 Å². The average molecular weight is 443 g/mol. The Bertz CT molecular complexity index is 1040. The van der Waals surface area contributed by atoms with Crippen molar-refractivity contribution in [3.8, 4) is 0 Å². The lowest BCUT2D eigenvalue weighted by atomic mass is 10.1. The van der Waals surface area contributed by atoms with Crippen LogP contribution in [-0.4, -0.2) is 58.4 Å². The molecule has 0 unspecified atom stereocenters. The molecule has 1 N–H and O–H groups in total. The molecule has 2 aromatic carbocycles. The van der Waals surface area contributed by atoms with Gasteiger partial charge in [0.2, 0.25) is 11.8 Å². The van der Waals surface area contributed by atoms with Gasteiger partial charge in [0, 0.05) is 50.4 Å².